The van der Waals surface area contributed by atoms with Gasteiger partial charge in [0.1, 0.15) is 11.5 Å². The van der Waals surface area contributed by atoms with Crippen LogP contribution in [-0.4, -0.2) is 9.85 Å². The number of hydrogen-bond acceptors (Lipinski definition) is 5. The summed E-state index contributed by atoms with van der Waals surface area (Å²) in [4.78, 5) is 22.1. The van der Waals surface area contributed by atoms with Gasteiger partial charge in [-0.3, -0.25) is 20.2 Å². The standard InChI is InChI=1S/C34H30F6N2O5/c1-3-5-7-21-17-23(33(35,36)37)9-13-27(21)29-19-25(41(43)44)11-15-31(29)47-32-16-12-26(42(45)46)20-30(32)28-14-10-24(34(38,39)40)18-22(28)8-6-4-2/h9-20H,3-8H2,1-2H3. The fraction of sp³-hybridized carbons (Fsp3) is 0.294. The van der Waals surface area contributed by atoms with E-state index in [0.717, 1.165) is 36.4 Å². The molecule has 0 bridgehead atoms. The molecule has 13 heteroatoms. The van der Waals surface area contributed by atoms with Gasteiger partial charge in [-0.25, -0.2) is 0 Å². The molecule has 0 heterocycles. The number of rotatable bonds is 12. The number of nitro benzene ring substituents is 2. The van der Waals surface area contributed by atoms with Crippen LogP contribution in [0.4, 0.5) is 37.7 Å². The Kier molecular flexibility index (Phi) is 10.6. The minimum absolute atomic E-state index is 0.00905. The second kappa shape index (κ2) is 14.2. The quantitative estimate of drug-likeness (QED) is 0.0856. The first kappa shape index (κ1) is 34.9. The molecule has 0 aromatic heterocycles. The molecule has 47 heavy (non-hydrogen) atoms. The van der Waals surface area contributed by atoms with Gasteiger partial charge in [-0.2, -0.15) is 26.3 Å². The highest BCUT2D eigenvalue weighted by atomic mass is 19.4. The van der Waals surface area contributed by atoms with Gasteiger partial charge in [0.2, 0.25) is 0 Å². The topological polar surface area (TPSA) is 95.5 Å². The summed E-state index contributed by atoms with van der Waals surface area (Å²) in [6, 6.07) is 13.3. The molecule has 0 amide bonds. The van der Waals surface area contributed by atoms with Crippen LogP contribution in [0.1, 0.15) is 61.8 Å². The molecule has 0 radical (unpaired) electrons. The zero-order chi connectivity index (χ0) is 34.5. The van der Waals surface area contributed by atoms with Crippen molar-refractivity contribution in [1.29, 1.82) is 0 Å². The minimum atomic E-state index is -4.63. The van der Waals surface area contributed by atoms with Gasteiger partial charge in [0.25, 0.3) is 11.4 Å². The van der Waals surface area contributed by atoms with Gasteiger partial charge in [0, 0.05) is 35.4 Å². The van der Waals surface area contributed by atoms with Gasteiger partial charge < -0.3 is 4.74 Å². The van der Waals surface area contributed by atoms with Gasteiger partial charge in [-0.1, -0.05) is 38.8 Å². The van der Waals surface area contributed by atoms with E-state index in [0.29, 0.717) is 25.7 Å². The zero-order valence-corrected chi connectivity index (χ0v) is 25.4. The Morgan fingerprint density at radius 2 is 0.957 bits per heavy atom. The number of hydrogen-bond donors (Lipinski definition) is 0. The van der Waals surface area contributed by atoms with Gasteiger partial charge >= 0.3 is 12.4 Å². The van der Waals surface area contributed by atoms with Gasteiger partial charge in [-0.15, -0.1) is 0 Å². The van der Waals surface area contributed by atoms with Crippen LogP contribution in [-0.2, 0) is 25.2 Å². The van der Waals surface area contributed by atoms with Gasteiger partial charge in [-0.05, 0) is 84.3 Å². The Labute approximate surface area is 266 Å². The summed E-state index contributed by atoms with van der Waals surface area (Å²) in [6.07, 6.45) is -6.43. The number of ether oxygens (including phenoxy) is 1. The third-order valence-electron chi connectivity index (χ3n) is 7.61. The number of halogens is 6. The number of non-ortho nitro benzene ring substituents is 2. The van der Waals surface area contributed by atoms with Crippen LogP contribution in [0.5, 0.6) is 11.5 Å². The lowest BCUT2D eigenvalue weighted by atomic mass is 9.92. The summed E-state index contributed by atoms with van der Waals surface area (Å²) < 4.78 is 88.0. The average molecular weight is 661 g/mol. The molecule has 0 saturated carbocycles. The smallest absolute Gasteiger partial charge is 0.416 e. The molecule has 0 aliphatic heterocycles. The molecule has 4 aromatic carbocycles. The first-order valence-corrected chi connectivity index (χ1v) is 14.8. The molecule has 248 valence electrons. The van der Waals surface area contributed by atoms with Crippen molar-refractivity contribution >= 4 is 11.4 Å². The minimum Gasteiger partial charge on any atom is -0.456 e. The molecule has 0 spiro atoms. The van der Waals surface area contributed by atoms with E-state index in [9.17, 15) is 46.6 Å². The Balaban J connectivity index is 1.95. The number of aryl methyl sites for hydroxylation is 2. The number of unbranched alkanes of at least 4 members (excludes halogenated alkanes) is 2. The molecule has 0 aliphatic carbocycles. The lowest BCUT2D eigenvalue weighted by Crippen LogP contribution is -2.07. The largest absolute Gasteiger partial charge is 0.456 e. The Bertz CT molecular complexity index is 1660. The lowest BCUT2D eigenvalue weighted by Gasteiger charge is -2.19. The van der Waals surface area contributed by atoms with E-state index < -0.39 is 33.3 Å². The van der Waals surface area contributed by atoms with Gasteiger partial charge in [0.05, 0.1) is 21.0 Å². The van der Waals surface area contributed by atoms with E-state index in [2.05, 4.69) is 0 Å². The van der Waals surface area contributed by atoms with Crippen LogP contribution in [0.2, 0.25) is 0 Å². The molecule has 0 unspecified atom stereocenters. The first-order valence-electron chi connectivity index (χ1n) is 14.8. The molecule has 0 atom stereocenters. The van der Waals surface area contributed by atoms with Crippen molar-refractivity contribution in [3.63, 3.8) is 0 Å². The maximum Gasteiger partial charge on any atom is 0.416 e. The molecule has 4 rings (SSSR count). The molecule has 4 aromatic rings. The zero-order valence-electron chi connectivity index (χ0n) is 25.4. The fourth-order valence-corrected chi connectivity index (χ4v) is 5.19. The second-order valence-corrected chi connectivity index (χ2v) is 10.9. The maximum atomic E-state index is 13.6. The molecule has 7 nitrogen and oxygen atoms in total. The summed E-state index contributed by atoms with van der Waals surface area (Å²) in [7, 11) is 0. The second-order valence-electron chi connectivity index (χ2n) is 10.9. The van der Waals surface area contributed by atoms with Crippen LogP contribution in [0.15, 0.2) is 72.8 Å². The van der Waals surface area contributed by atoms with Crippen LogP contribution < -0.4 is 4.74 Å². The summed E-state index contributed by atoms with van der Waals surface area (Å²) in [6.45, 7) is 3.72. The lowest BCUT2D eigenvalue weighted by molar-refractivity contribution is -0.385. The molecule has 0 saturated heterocycles. The van der Waals surface area contributed by atoms with E-state index in [-0.39, 0.29) is 69.1 Å². The third kappa shape index (κ3) is 8.27. The van der Waals surface area contributed by atoms with Gasteiger partial charge in [0.15, 0.2) is 0 Å². The Morgan fingerprint density at radius 3 is 1.28 bits per heavy atom. The molecular weight excluding hydrogens is 630 g/mol. The SMILES string of the molecule is CCCCc1cc(C(F)(F)F)ccc1-c1cc([N+](=O)[O-])ccc1Oc1ccc([N+](=O)[O-])cc1-c1ccc(C(F)(F)F)cc1CCCC. The summed E-state index contributed by atoms with van der Waals surface area (Å²) >= 11 is 0. The average Bonchev–Trinajstić information content (AvgIpc) is 3.02. The van der Waals surface area contributed by atoms with Crippen molar-refractivity contribution in [2.75, 3.05) is 0 Å². The van der Waals surface area contributed by atoms with E-state index in [1.54, 1.807) is 0 Å². The highest BCUT2D eigenvalue weighted by Crippen LogP contribution is 2.44. The van der Waals surface area contributed by atoms with Crippen LogP contribution in [0.25, 0.3) is 22.3 Å². The summed E-state index contributed by atoms with van der Waals surface area (Å²) in [5, 5.41) is 23.5. The fourth-order valence-electron chi connectivity index (χ4n) is 5.19. The normalized spacial score (nSPS) is 11.8. The highest BCUT2D eigenvalue weighted by Gasteiger charge is 2.33. The van der Waals surface area contributed by atoms with Crippen molar-refractivity contribution in [2.24, 2.45) is 0 Å². The third-order valence-corrected chi connectivity index (χ3v) is 7.61. The number of nitro groups is 2. The van der Waals surface area contributed by atoms with Crippen molar-refractivity contribution in [3.8, 4) is 33.8 Å². The van der Waals surface area contributed by atoms with Crippen molar-refractivity contribution in [1.82, 2.24) is 0 Å². The highest BCUT2D eigenvalue weighted by molar-refractivity contribution is 5.79. The number of alkyl halides is 6. The number of nitrogens with zero attached hydrogens (tertiary/aromatic N) is 2. The monoisotopic (exact) mass is 660 g/mol. The predicted molar refractivity (Wildman–Crippen MR) is 164 cm³/mol. The van der Waals surface area contributed by atoms with E-state index in [1.807, 2.05) is 13.8 Å². The Hall–Kier alpha value is -4.94. The number of benzene rings is 4. The van der Waals surface area contributed by atoms with E-state index in [4.69, 9.17) is 4.74 Å². The van der Waals surface area contributed by atoms with E-state index in [1.165, 1.54) is 36.4 Å². The maximum absolute atomic E-state index is 13.6. The molecule has 0 aliphatic rings. The molecule has 0 N–H and O–H groups in total. The van der Waals surface area contributed by atoms with Crippen molar-refractivity contribution in [3.05, 3.63) is 115 Å². The summed E-state index contributed by atoms with van der Waals surface area (Å²) in [5.41, 5.74) is -1.23. The first-order chi connectivity index (χ1) is 22.1. The summed E-state index contributed by atoms with van der Waals surface area (Å²) in [5.74, 6) is -0.0181. The van der Waals surface area contributed by atoms with E-state index >= 15 is 0 Å². The van der Waals surface area contributed by atoms with Crippen molar-refractivity contribution in [2.45, 2.75) is 64.7 Å². The molecular formula is C34H30F6N2O5. The predicted octanol–water partition coefficient (Wildman–Crippen LogP) is 11.4. The van der Waals surface area contributed by atoms with Crippen LogP contribution in [0.3, 0.4) is 0 Å². The van der Waals surface area contributed by atoms with Crippen LogP contribution >= 0.6 is 0 Å². The molecule has 0 fully saturated rings. The van der Waals surface area contributed by atoms with Crippen LogP contribution in [0, 0.1) is 20.2 Å². The Morgan fingerprint density at radius 1 is 0.574 bits per heavy atom. The van der Waals surface area contributed by atoms with Crippen molar-refractivity contribution < 1.29 is 40.9 Å².